The number of anilines is 1. The van der Waals surface area contributed by atoms with Gasteiger partial charge in [-0.15, -0.1) is 11.3 Å². The molecule has 0 saturated carbocycles. The molecule has 30 heavy (non-hydrogen) atoms. The van der Waals surface area contributed by atoms with E-state index in [2.05, 4.69) is 10.3 Å². The van der Waals surface area contributed by atoms with E-state index in [1.807, 2.05) is 0 Å². The van der Waals surface area contributed by atoms with Crippen molar-refractivity contribution in [1.29, 1.82) is 0 Å². The lowest BCUT2D eigenvalue weighted by Crippen LogP contribution is -2.21. The van der Waals surface area contributed by atoms with E-state index in [1.54, 1.807) is 32.2 Å². The molecule has 0 bridgehead atoms. The normalized spacial score (nSPS) is 13.0. The van der Waals surface area contributed by atoms with Gasteiger partial charge in [-0.2, -0.15) is 0 Å². The Kier molecular flexibility index (Phi) is 5.40. The van der Waals surface area contributed by atoms with Crippen molar-refractivity contribution in [3.8, 4) is 11.5 Å². The third kappa shape index (κ3) is 3.86. The molecule has 0 spiro atoms. The Morgan fingerprint density at radius 3 is 2.83 bits per heavy atom. The minimum atomic E-state index is -0.675. The van der Waals surface area contributed by atoms with Crippen LogP contribution < -0.4 is 20.3 Å². The third-order valence-electron chi connectivity index (χ3n) is 4.56. The number of carbonyl (C=O) groups excluding carboxylic acids is 2. The molecule has 0 atom stereocenters. The number of aryl methyl sites for hydroxylation is 2. The minimum Gasteiger partial charge on any atom is -0.490 e. The summed E-state index contributed by atoms with van der Waals surface area (Å²) in [4.78, 5) is 41.8. The first-order valence-electron chi connectivity index (χ1n) is 9.25. The number of esters is 1. The second-order valence-electron chi connectivity index (χ2n) is 6.73. The molecule has 0 aliphatic carbocycles. The average Bonchev–Trinajstić information content (AvgIpc) is 2.90. The molecule has 10 heteroatoms. The number of ether oxygens (including phenoxy) is 3. The quantitative estimate of drug-likeness (QED) is 0.634. The molecule has 9 nitrogen and oxygen atoms in total. The molecule has 4 rings (SSSR count). The maximum Gasteiger partial charge on any atom is 0.349 e. The zero-order valence-electron chi connectivity index (χ0n) is 16.4. The molecule has 1 N–H and O–H groups in total. The Morgan fingerprint density at radius 2 is 2.03 bits per heavy atom. The van der Waals surface area contributed by atoms with Gasteiger partial charge in [0.05, 0.1) is 24.9 Å². The Labute approximate surface area is 175 Å². The van der Waals surface area contributed by atoms with Crippen molar-refractivity contribution >= 4 is 39.1 Å². The van der Waals surface area contributed by atoms with Crippen LogP contribution in [-0.4, -0.2) is 41.2 Å². The van der Waals surface area contributed by atoms with Gasteiger partial charge in [0, 0.05) is 25.2 Å². The molecule has 3 aromatic rings. The topological polar surface area (TPSA) is 109 Å². The molecule has 1 aliphatic rings. The van der Waals surface area contributed by atoms with Gasteiger partial charge >= 0.3 is 5.97 Å². The van der Waals surface area contributed by atoms with Crippen molar-refractivity contribution in [2.24, 2.45) is 7.05 Å². The molecule has 0 saturated heterocycles. The van der Waals surface area contributed by atoms with E-state index in [0.717, 1.165) is 17.8 Å². The first-order chi connectivity index (χ1) is 14.4. The second kappa shape index (κ2) is 8.15. The van der Waals surface area contributed by atoms with E-state index in [-0.39, 0.29) is 10.4 Å². The summed E-state index contributed by atoms with van der Waals surface area (Å²) in [6, 6.07) is 5.07. The van der Waals surface area contributed by atoms with E-state index in [0.29, 0.717) is 46.2 Å². The van der Waals surface area contributed by atoms with Crippen molar-refractivity contribution in [2.75, 3.05) is 25.1 Å². The summed E-state index contributed by atoms with van der Waals surface area (Å²) in [5, 5.41) is 3.05. The second-order valence-corrected chi connectivity index (χ2v) is 7.73. The molecule has 3 heterocycles. The van der Waals surface area contributed by atoms with E-state index in [9.17, 15) is 14.4 Å². The zero-order chi connectivity index (χ0) is 21.3. The van der Waals surface area contributed by atoms with E-state index < -0.39 is 18.5 Å². The maximum atomic E-state index is 12.5. The summed E-state index contributed by atoms with van der Waals surface area (Å²) in [7, 11) is 1.59. The third-order valence-corrected chi connectivity index (χ3v) is 5.74. The lowest BCUT2D eigenvalue weighted by Gasteiger charge is -2.10. The van der Waals surface area contributed by atoms with Gasteiger partial charge in [-0.1, -0.05) is 0 Å². The number of hydrogen-bond acceptors (Lipinski definition) is 8. The molecule has 0 radical (unpaired) electrons. The van der Waals surface area contributed by atoms with Crippen LogP contribution in [0.25, 0.3) is 10.2 Å². The van der Waals surface area contributed by atoms with Crippen LogP contribution in [0.3, 0.4) is 0 Å². The number of amides is 1. The summed E-state index contributed by atoms with van der Waals surface area (Å²) in [5.41, 5.74) is 0.767. The smallest absolute Gasteiger partial charge is 0.349 e. The number of nitrogens with one attached hydrogen (secondary N) is 1. The molecule has 0 unspecified atom stereocenters. The molecular formula is C20H19N3O6S. The number of nitrogens with zero attached hydrogens (tertiary/aromatic N) is 2. The fraction of sp³-hybridized carbons (Fsp3) is 0.300. The lowest BCUT2D eigenvalue weighted by atomic mass is 10.2. The van der Waals surface area contributed by atoms with Crippen molar-refractivity contribution in [1.82, 2.24) is 9.55 Å². The average molecular weight is 429 g/mol. The Bertz CT molecular complexity index is 1200. The highest BCUT2D eigenvalue weighted by atomic mass is 32.1. The molecule has 0 fully saturated rings. The number of aromatic nitrogens is 2. The standard InChI is InChI=1S/C20H19N3O6S/c1-11-16-18(21-10-23(2)19(16)25)30-17(11)20(26)29-9-15(24)22-12-4-5-13-14(8-12)28-7-3-6-27-13/h4-5,8,10H,3,6-7,9H2,1-2H3,(H,22,24). The summed E-state index contributed by atoms with van der Waals surface area (Å²) in [5.74, 6) is 0.00574. The number of thiophene rings is 1. The number of carbonyl (C=O) groups is 2. The van der Waals surface area contributed by atoms with Gasteiger partial charge in [0.1, 0.15) is 9.71 Å². The lowest BCUT2D eigenvalue weighted by molar-refractivity contribution is -0.119. The number of hydrogen-bond donors (Lipinski definition) is 1. The van der Waals surface area contributed by atoms with Gasteiger partial charge < -0.3 is 24.1 Å². The first-order valence-corrected chi connectivity index (χ1v) is 10.1. The Hall–Kier alpha value is -3.40. The van der Waals surface area contributed by atoms with E-state index in [1.165, 1.54) is 10.9 Å². The summed E-state index contributed by atoms with van der Waals surface area (Å²) < 4.78 is 17.6. The first kappa shape index (κ1) is 19.9. The number of fused-ring (bicyclic) bond motifs is 2. The van der Waals surface area contributed by atoms with Crippen LogP contribution in [0.2, 0.25) is 0 Å². The molecular weight excluding hydrogens is 410 g/mol. The maximum absolute atomic E-state index is 12.5. The monoisotopic (exact) mass is 429 g/mol. The van der Waals surface area contributed by atoms with Crippen molar-refractivity contribution in [2.45, 2.75) is 13.3 Å². The van der Waals surface area contributed by atoms with Crippen LogP contribution in [-0.2, 0) is 16.6 Å². The highest BCUT2D eigenvalue weighted by Gasteiger charge is 2.21. The van der Waals surface area contributed by atoms with Crippen LogP contribution in [0.15, 0.2) is 29.3 Å². The van der Waals surface area contributed by atoms with Crippen LogP contribution in [0, 0.1) is 6.92 Å². The SMILES string of the molecule is Cc1c(C(=O)OCC(=O)Nc2ccc3c(c2)OCCCO3)sc2ncn(C)c(=O)c12. The summed E-state index contributed by atoms with van der Waals surface area (Å²) in [6.07, 6.45) is 2.18. The highest BCUT2D eigenvalue weighted by molar-refractivity contribution is 7.20. The molecule has 1 aliphatic heterocycles. The fourth-order valence-corrected chi connectivity index (χ4v) is 4.07. The minimum absolute atomic E-state index is 0.236. The van der Waals surface area contributed by atoms with Crippen molar-refractivity contribution in [3.05, 3.63) is 45.3 Å². The largest absolute Gasteiger partial charge is 0.490 e. The summed E-state index contributed by atoms with van der Waals surface area (Å²) in [6.45, 7) is 2.31. The Balaban J connectivity index is 1.42. The number of rotatable bonds is 4. The van der Waals surface area contributed by atoms with Crippen LogP contribution in [0.1, 0.15) is 21.7 Å². The summed E-state index contributed by atoms with van der Waals surface area (Å²) >= 11 is 1.07. The molecule has 156 valence electrons. The molecule has 1 aromatic carbocycles. The number of benzene rings is 1. The van der Waals surface area contributed by atoms with Gasteiger partial charge in [-0.25, -0.2) is 9.78 Å². The van der Waals surface area contributed by atoms with E-state index >= 15 is 0 Å². The van der Waals surface area contributed by atoms with Gasteiger partial charge in [0.25, 0.3) is 11.5 Å². The fourth-order valence-electron chi connectivity index (χ4n) is 3.04. The van der Waals surface area contributed by atoms with Gasteiger partial charge in [-0.05, 0) is 24.6 Å². The van der Waals surface area contributed by atoms with Crippen LogP contribution >= 0.6 is 11.3 Å². The zero-order valence-corrected chi connectivity index (χ0v) is 17.2. The van der Waals surface area contributed by atoms with Crippen LogP contribution in [0.5, 0.6) is 11.5 Å². The van der Waals surface area contributed by atoms with Crippen molar-refractivity contribution in [3.63, 3.8) is 0 Å². The molecule has 2 aromatic heterocycles. The van der Waals surface area contributed by atoms with Gasteiger partial charge in [0.2, 0.25) is 0 Å². The highest BCUT2D eigenvalue weighted by Crippen LogP contribution is 2.32. The van der Waals surface area contributed by atoms with E-state index in [4.69, 9.17) is 14.2 Å². The predicted molar refractivity (Wildman–Crippen MR) is 111 cm³/mol. The van der Waals surface area contributed by atoms with Crippen LogP contribution in [0.4, 0.5) is 5.69 Å². The predicted octanol–water partition coefficient (Wildman–Crippen LogP) is 2.26. The van der Waals surface area contributed by atoms with Gasteiger partial charge in [0.15, 0.2) is 18.1 Å². The van der Waals surface area contributed by atoms with Gasteiger partial charge in [-0.3, -0.25) is 9.59 Å². The molecule has 1 amide bonds. The van der Waals surface area contributed by atoms with Crippen molar-refractivity contribution < 1.29 is 23.8 Å². The Morgan fingerprint density at radius 1 is 1.27 bits per heavy atom.